The molecule has 0 spiro atoms. The monoisotopic (exact) mass is 292 g/mol. The number of halogens is 1. The highest BCUT2D eigenvalue weighted by Crippen LogP contribution is 2.40. The first-order valence-electron chi connectivity index (χ1n) is 7.90. The normalized spacial score (nSPS) is 29.8. The molecule has 2 nitrogen and oxygen atoms in total. The first kappa shape index (κ1) is 14.4. The standard InChI is InChI=1S/C17H24N2.ClH/c1-3-14(15-5-6-15)4-2-13(1)11-19-8-7-16-9-18-10-17(16)12-19;/h1-4,15-18H,5-12H2;1H. The van der Waals surface area contributed by atoms with Crippen LogP contribution in [0.15, 0.2) is 24.3 Å². The maximum Gasteiger partial charge on any atom is 0.0233 e. The van der Waals surface area contributed by atoms with Crippen LogP contribution in [-0.2, 0) is 6.54 Å². The van der Waals surface area contributed by atoms with Crippen LogP contribution in [0, 0.1) is 11.8 Å². The van der Waals surface area contributed by atoms with Gasteiger partial charge in [0.15, 0.2) is 0 Å². The minimum atomic E-state index is 0. The Kier molecular flexibility index (Phi) is 4.34. The van der Waals surface area contributed by atoms with Gasteiger partial charge in [-0.05, 0) is 67.8 Å². The minimum Gasteiger partial charge on any atom is -0.316 e. The summed E-state index contributed by atoms with van der Waals surface area (Å²) in [6.45, 7) is 6.22. The summed E-state index contributed by atoms with van der Waals surface area (Å²) in [4.78, 5) is 2.65. The molecule has 1 N–H and O–H groups in total. The number of hydrogen-bond donors (Lipinski definition) is 1. The second-order valence-electron chi connectivity index (χ2n) is 6.72. The van der Waals surface area contributed by atoms with Crippen LogP contribution in [0.3, 0.4) is 0 Å². The molecule has 2 saturated heterocycles. The molecule has 1 aromatic carbocycles. The van der Waals surface area contributed by atoms with Gasteiger partial charge in [-0.1, -0.05) is 24.3 Å². The fourth-order valence-corrected chi connectivity index (χ4v) is 3.82. The molecule has 0 amide bonds. The Morgan fingerprint density at radius 1 is 1.00 bits per heavy atom. The van der Waals surface area contributed by atoms with E-state index in [0.29, 0.717) is 0 Å². The van der Waals surface area contributed by atoms with E-state index in [9.17, 15) is 0 Å². The highest BCUT2D eigenvalue weighted by atomic mass is 35.5. The van der Waals surface area contributed by atoms with Gasteiger partial charge in [0.05, 0.1) is 0 Å². The topological polar surface area (TPSA) is 15.3 Å². The highest BCUT2D eigenvalue weighted by molar-refractivity contribution is 5.85. The van der Waals surface area contributed by atoms with Gasteiger partial charge in [0.1, 0.15) is 0 Å². The van der Waals surface area contributed by atoms with Gasteiger partial charge >= 0.3 is 0 Å². The van der Waals surface area contributed by atoms with Crippen molar-refractivity contribution in [2.24, 2.45) is 11.8 Å². The first-order valence-corrected chi connectivity index (χ1v) is 7.90. The average molecular weight is 293 g/mol. The molecule has 0 bridgehead atoms. The van der Waals surface area contributed by atoms with E-state index in [0.717, 1.165) is 24.3 Å². The van der Waals surface area contributed by atoms with E-state index in [1.165, 1.54) is 51.0 Å². The highest BCUT2D eigenvalue weighted by Gasteiger charge is 2.32. The van der Waals surface area contributed by atoms with Crippen molar-refractivity contribution in [1.82, 2.24) is 10.2 Å². The van der Waals surface area contributed by atoms with Crippen LogP contribution in [0.5, 0.6) is 0 Å². The van der Waals surface area contributed by atoms with Crippen LogP contribution in [0.1, 0.15) is 36.3 Å². The molecule has 1 saturated carbocycles. The van der Waals surface area contributed by atoms with Crippen LogP contribution in [-0.4, -0.2) is 31.1 Å². The van der Waals surface area contributed by atoms with E-state index in [1.807, 2.05) is 0 Å². The lowest BCUT2D eigenvalue weighted by molar-refractivity contribution is 0.142. The van der Waals surface area contributed by atoms with Crippen molar-refractivity contribution in [1.29, 1.82) is 0 Å². The van der Waals surface area contributed by atoms with E-state index in [4.69, 9.17) is 0 Å². The summed E-state index contributed by atoms with van der Waals surface area (Å²) in [5.74, 6) is 2.74. The van der Waals surface area contributed by atoms with Gasteiger partial charge in [-0.2, -0.15) is 0 Å². The molecule has 2 heterocycles. The molecular formula is C17H25ClN2. The molecule has 2 aliphatic heterocycles. The van der Waals surface area contributed by atoms with Crippen LogP contribution >= 0.6 is 12.4 Å². The Morgan fingerprint density at radius 3 is 2.50 bits per heavy atom. The molecule has 1 aromatic rings. The third-order valence-corrected chi connectivity index (χ3v) is 5.22. The molecule has 4 rings (SSSR count). The number of hydrogen-bond acceptors (Lipinski definition) is 2. The zero-order chi connectivity index (χ0) is 12.7. The van der Waals surface area contributed by atoms with E-state index in [-0.39, 0.29) is 12.4 Å². The van der Waals surface area contributed by atoms with Crippen LogP contribution < -0.4 is 5.32 Å². The number of nitrogens with one attached hydrogen (secondary N) is 1. The quantitative estimate of drug-likeness (QED) is 0.921. The summed E-state index contributed by atoms with van der Waals surface area (Å²) >= 11 is 0. The summed E-state index contributed by atoms with van der Waals surface area (Å²) in [7, 11) is 0. The van der Waals surface area contributed by atoms with Crippen molar-refractivity contribution in [2.75, 3.05) is 26.2 Å². The Morgan fingerprint density at radius 2 is 1.75 bits per heavy atom. The third-order valence-electron chi connectivity index (χ3n) is 5.22. The number of likely N-dealkylation sites (tertiary alicyclic amines) is 1. The predicted octanol–water partition coefficient (Wildman–Crippen LogP) is 3.03. The minimum absolute atomic E-state index is 0. The number of piperidine rings is 1. The molecule has 3 aliphatic rings. The second-order valence-corrected chi connectivity index (χ2v) is 6.72. The van der Waals surface area contributed by atoms with Crippen molar-refractivity contribution in [3.8, 4) is 0 Å². The lowest BCUT2D eigenvalue weighted by Crippen LogP contribution is -2.39. The molecule has 0 aromatic heterocycles. The second kappa shape index (κ2) is 6.05. The van der Waals surface area contributed by atoms with Crippen molar-refractivity contribution in [3.63, 3.8) is 0 Å². The summed E-state index contributed by atoms with van der Waals surface area (Å²) in [6, 6.07) is 9.42. The summed E-state index contributed by atoms with van der Waals surface area (Å²) in [6.07, 6.45) is 4.20. The van der Waals surface area contributed by atoms with Crippen LogP contribution in [0.2, 0.25) is 0 Å². The number of rotatable bonds is 3. The molecule has 3 heteroatoms. The lowest BCUT2D eigenvalue weighted by Gasteiger charge is -2.34. The molecule has 0 radical (unpaired) electrons. The number of fused-ring (bicyclic) bond motifs is 1. The molecule has 2 atom stereocenters. The predicted molar refractivity (Wildman–Crippen MR) is 85.4 cm³/mol. The van der Waals surface area contributed by atoms with Gasteiger partial charge < -0.3 is 5.32 Å². The van der Waals surface area contributed by atoms with E-state index in [2.05, 4.69) is 34.5 Å². The first-order chi connectivity index (χ1) is 9.38. The lowest BCUT2D eigenvalue weighted by atomic mass is 9.88. The smallest absolute Gasteiger partial charge is 0.0233 e. The van der Waals surface area contributed by atoms with Crippen molar-refractivity contribution in [2.45, 2.75) is 31.7 Å². The Bertz CT molecular complexity index is 441. The van der Waals surface area contributed by atoms with Crippen molar-refractivity contribution < 1.29 is 0 Å². The van der Waals surface area contributed by atoms with Gasteiger partial charge in [0.25, 0.3) is 0 Å². The largest absolute Gasteiger partial charge is 0.316 e. The maximum atomic E-state index is 3.55. The SMILES string of the molecule is Cl.c1cc(C2CC2)ccc1CN1CCC2CNCC2C1. The van der Waals surface area contributed by atoms with Gasteiger partial charge in [-0.15, -0.1) is 12.4 Å². The fourth-order valence-electron chi connectivity index (χ4n) is 3.82. The summed E-state index contributed by atoms with van der Waals surface area (Å²) in [5.41, 5.74) is 3.05. The number of benzene rings is 1. The van der Waals surface area contributed by atoms with Crippen LogP contribution in [0.25, 0.3) is 0 Å². The Balaban J connectivity index is 0.00000121. The summed E-state index contributed by atoms with van der Waals surface area (Å²) in [5, 5.41) is 3.55. The van der Waals surface area contributed by atoms with Crippen molar-refractivity contribution >= 4 is 12.4 Å². The third kappa shape index (κ3) is 3.03. The van der Waals surface area contributed by atoms with Crippen LogP contribution in [0.4, 0.5) is 0 Å². The molecule has 110 valence electrons. The van der Waals surface area contributed by atoms with Gasteiger partial charge in [0.2, 0.25) is 0 Å². The average Bonchev–Trinajstić information content (AvgIpc) is 3.18. The molecule has 2 unspecified atom stereocenters. The zero-order valence-electron chi connectivity index (χ0n) is 12.1. The molecular weight excluding hydrogens is 268 g/mol. The van der Waals surface area contributed by atoms with Gasteiger partial charge in [-0.3, -0.25) is 4.90 Å². The fraction of sp³-hybridized carbons (Fsp3) is 0.647. The van der Waals surface area contributed by atoms with E-state index in [1.54, 1.807) is 5.56 Å². The van der Waals surface area contributed by atoms with E-state index < -0.39 is 0 Å². The van der Waals surface area contributed by atoms with Crippen molar-refractivity contribution in [3.05, 3.63) is 35.4 Å². The maximum absolute atomic E-state index is 3.55. The zero-order valence-corrected chi connectivity index (χ0v) is 12.9. The Hall–Kier alpha value is -0.570. The number of nitrogens with zero attached hydrogens (tertiary/aromatic N) is 1. The molecule has 3 fully saturated rings. The molecule has 1 aliphatic carbocycles. The van der Waals surface area contributed by atoms with E-state index >= 15 is 0 Å². The summed E-state index contributed by atoms with van der Waals surface area (Å²) < 4.78 is 0. The van der Waals surface area contributed by atoms with Gasteiger partial charge in [0, 0.05) is 13.1 Å². The van der Waals surface area contributed by atoms with Gasteiger partial charge in [-0.25, -0.2) is 0 Å². The Labute approximate surface area is 128 Å². The molecule has 20 heavy (non-hydrogen) atoms.